The summed E-state index contributed by atoms with van der Waals surface area (Å²) < 4.78 is 26.9. The van der Waals surface area contributed by atoms with Crippen LogP contribution in [0, 0.1) is 5.92 Å². The highest BCUT2D eigenvalue weighted by atomic mass is 32.2. The van der Waals surface area contributed by atoms with Crippen LogP contribution in [-0.4, -0.2) is 44.2 Å². The molecule has 2 amide bonds. The first kappa shape index (κ1) is 23.4. The zero-order valence-corrected chi connectivity index (χ0v) is 19.5. The highest BCUT2D eigenvalue weighted by Gasteiger charge is 2.32. The number of hydrogen-bond acceptors (Lipinski definition) is 4. The van der Waals surface area contributed by atoms with Crippen molar-refractivity contribution in [3.05, 3.63) is 65.7 Å². The Labute approximate surface area is 195 Å². The quantitative estimate of drug-likeness (QED) is 0.652. The van der Waals surface area contributed by atoms with Gasteiger partial charge in [-0.1, -0.05) is 42.5 Å². The monoisotopic (exact) mass is 469 g/mol. The average Bonchev–Trinajstić information content (AvgIpc) is 2.85. The van der Waals surface area contributed by atoms with Crippen molar-refractivity contribution in [3.8, 4) is 0 Å². The van der Waals surface area contributed by atoms with Gasteiger partial charge < -0.3 is 10.6 Å². The Morgan fingerprint density at radius 2 is 1.64 bits per heavy atom. The second-order valence-corrected chi connectivity index (χ2v) is 10.7. The number of nitrogens with zero attached hydrogens (tertiary/aromatic N) is 1. The number of hydrogen-bond donors (Lipinski definition) is 2. The summed E-state index contributed by atoms with van der Waals surface area (Å²) in [5, 5.41) is 5.96. The van der Waals surface area contributed by atoms with Crippen LogP contribution in [0.15, 0.2) is 59.5 Å². The minimum atomic E-state index is -3.53. The molecule has 1 aliphatic heterocycles. The molecule has 1 saturated heterocycles. The van der Waals surface area contributed by atoms with Crippen LogP contribution in [0.2, 0.25) is 0 Å². The number of fused-ring (bicyclic) bond motifs is 1. The predicted octanol–water partition coefficient (Wildman–Crippen LogP) is 2.79. The van der Waals surface area contributed by atoms with Gasteiger partial charge in [0, 0.05) is 32.0 Å². The molecule has 4 rings (SSSR count). The molecule has 2 aromatic carbocycles. The maximum Gasteiger partial charge on any atom is 0.243 e. The molecule has 0 radical (unpaired) electrons. The van der Waals surface area contributed by atoms with Crippen molar-refractivity contribution < 1.29 is 18.0 Å². The summed E-state index contributed by atoms with van der Waals surface area (Å²) in [4.78, 5) is 25.3. The Balaban J connectivity index is 1.20. The van der Waals surface area contributed by atoms with Crippen molar-refractivity contribution >= 4 is 21.8 Å². The molecular formula is C25H31N3O4S. The van der Waals surface area contributed by atoms with Gasteiger partial charge in [0.2, 0.25) is 21.8 Å². The van der Waals surface area contributed by atoms with Gasteiger partial charge in [0.05, 0.1) is 10.9 Å². The molecule has 2 aromatic rings. The molecular weight excluding hydrogens is 438 g/mol. The van der Waals surface area contributed by atoms with Crippen molar-refractivity contribution in [2.24, 2.45) is 5.92 Å². The molecule has 0 unspecified atom stereocenters. The molecule has 0 spiro atoms. The molecule has 2 N–H and O–H groups in total. The smallest absolute Gasteiger partial charge is 0.243 e. The standard InChI is InChI=1S/C25H31N3O4S/c29-24(27-23-12-6-8-19-7-4-5-11-22(19)23)13-16-26-25(30)20-14-17-28(18-15-20)33(31,32)21-9-2-1-3-10-21/h1-5,7,9-11,20,23H,6,8,12-18H2,(H,26,30)(H,27,29)/t23-/m1/s1. The number of amides is 2. The van der Waals surface area contributed by atoms with E-state index in [9.17, 15) is 18.0 Å². The maximum absolute atomic E-state index is 12.7. The summed E-state index contributed by atoms with van der Waals surface area (Å²) in [5.74, 6) is -0.413. The van der Waals surface area contributed by atoms with Crippen LogP contribution in [-0.2, 0) is 26.0 Å². The Morgan fingerprint density at radius 3 is 2.39 bits per heavy atom. The highest BCUT2D eigenvalue weighted by Crippen LogP contribution is 2.29. The largest absolute Gasteiger partial charge is 0.355 e. The molecule has 8 heteroatoms. The summed E-state index contributed by atoms with van der Waals surface area (Å²) in [6, 6.07) is 16.6. The van der Waals surface area contributed by atoms with Gasteiger partial charge in [-0.15, -0.1) is 0 Å². The minimum absolute atomic E-state index is 0.0362. The van der Waals surface area contributed by atoms with E-state index in [1.165, 1.54) is 15.4 Å². The fraction of sp³-hybridized carbons (Fsp3) is 0.440. The van der Waals surface area contributed by atoms with Crippen molar-refractivity contribution in [1.82, 2.24) is 14.9 Å². The van der Waals surface area contributed by atoms with Crippen LogP contribution >= 0.6 is 0 Å². The highest BCUT2D eigenvalue weighted by molar-refractivity contribution is 7.89. The summed E-state index contributed by atoms with van der Waals surface area (Å²) >= 11 is 0. The molecule has 0 saturated carbocycles. The zero-order chi connectivity index (χ0) is 23.3. The normalized spacial score (nSPS) is 19.5. The van der Waals surface area contributed by atoms with Crippen LogP contribution in [0.25, 0.3) is 0 Å². The first-order valence-electron chi connectivity index (χ1n) is 11.7. The number of carbonyl (C=O) groups is 2. The molecule has 1 heterocycles. The van der Waals surface area contributed by atoms with Crippen molar-refractivity contribution in [2.75, 3.05) is 19.6 Å². The number of benzene rings is 2. The van der Waals surface area contributed by atoms with E-state index in [2.05, 4.69) is 22.8 Å². The Kier molecular flexibility index (Phi) is 7.45. The SMILES string of the molecule is O=C(CCNC(=O)C1CCN(S(=O)(=O)c2ccccc2)CC1)N[C@@H]1CCCc2ccccc21. The third kappa shape index (κ3) is 5.62. The van der Waals surface area contributed by atoms with Gasteiger partial charge in [0.15, 0.2) is 0 Å². The number of piperidine rings is 1. The number of carbonyl (C=O) groups excluding carboxylic acids is 2. The van der Waals surface area contributed by atoms with Crippen LogP contribution in [0.5, 0.6) is 0 Å². The van der Waals surface area contributed by atoms with E-state index in [0.717, 1.165) is 19.3 Å². The predicted molar refractivity (Wildman–Crippen MR) is 126 cm³/mol. The van der Waals surface area contributed by atoms with E-state index in [-0.39, 0.29) is 41.6 Å². The third-order valence-electron chi connectivity index (χ3n) is 6.56. The molecule has 2 aliphatic rings. The first-order valence-corrected chi connectivity index (χ1v) is 13.1. The lowest BCUT2D eigenvalue weighted by Gasteiger charge is -2.30. The Hall–Kier alpha value is -2.71. The lowest BCUT2D eigenvalue weighted by atomic mass is 9.87. The van der Waals surface area contributed by atoms with Crippen molar-refractivity contribution in [1.29, 1.82) is 0 Å². The molecule has 0 bridgehead atoms. The van der Waals surface area contributed by atoms with E-state index in [1.807, 2.05) is 12.1 Å². The number of sulfonamides is 1. The van der Waals surface area contributed by atoms with Crippen molar-refractivity contribution in [3.63, 3.8) is 0 Å². The zero-order valence-electron chi connectivity index (χ0n) is 18.7. The third-order valence-corrected chi connectivity index (χ3v) is 8.47. The molecule has 33 heavy (non-hydrogen) atoms. The van der Waals surface area contributed by atoms with Gasteiger partial charge in [-0.25, -0.2) is 8.42 Å². The van der Waals surface area contributed by atoms with Gasteiger partial charge in [-0.2, -0.15) is 4.31 Å². The van der Waals surface area contributed by atoms with Gasteiger partial charge in [-0.3, -0.25) is 9.59 Å². The first-order chi connectivity index (χ1) is 15.9. The fourth-order valence-electron chi connectivity index (χ4n) is 4.71. The number of rotatable bonds is 7. The summed E-state index contributed by atoms with van der Waals surface area (Å²) in [5.41, 5.74) is 2.49. The average molecular weight is 470 g/mol. The second-order valence-electron chi connectivity index (χ2n) is 8.74. The van der Waals surface area contributed by atoms with Gasteiger partial charge in [-0.05, 0) is 55.4 Å². The van der Waals surface area contributed by atoms with Crippen LogP contribution in [0.3, 0.4) is 0 Å². The van der Waals surface area contributed by atoms with Gasteiger partial charge >= 0.3 is 0 Å². The second kappa shape index (κ2) is 10.5. The lowest BCUT2D eigenvalue weighted by Crippen LogP contribution is -2.43. The summed E-state index contributed by atoms with van der Waals surface area (Å²) in [7, 11) is -3.53. The summed E-state index contributed by atoms with van der Waals surface area (Å²) in [6.07, 6.45) is 4.21. The molecule has 7 nitrogen and oxygen atoms in total. The Morgan fingerprint density at radius 1 is 0.939 bits per heavy atom. The molecule has 0 aromatic heterocycles. The van der Waals surface area contributed by atoms with E-state index in [1.54, 1.807) is 30.3 Å². The molecule has 1 fully saturated rings. The van der Waals surface area contributed by atoms with Gasteiger partial charge in [0.1, 0.15) is 0 Å². The molecule has 1 aliphatic carbocycles. The van der Waals surface area contributed by atoms with E-state index < -0.39 is 10.0 Å². The number of nitrogens with one attached hydrogen (secondary N) is 2. The molecule has 1 atom stereocenters. The fourth-order valence-corrected chi connectivity index (χ4v) is 6.20. The van der Waals surface area contributed by atoms with Crippen molar-refractivity contribution in [2.45, 2.75) is 49.5 Å². The maximum atomic E-state index is 12.7. The lowest BCUT2D eigenvalue weighted by molar-refractivity contribution is -0.126. The van der Waals surface area contributed by atoms with Gasteiger partial charge in [0.25, 0.3) is 0 Å². The Bertz CT molecular complexity index is 1080. The van der Waals surface area contributed by atoms with E-state index in [0.29, 0.717) is 25.9 Å². The van der Waals surface area contributed by atoms with Crippen LogP contribution in [0.4, 0.5) is 0 Å². The topological polar surface area (TPSA) is 95.6 Å². The van der Waals surface area contributed by atoms with E-state index in [4.69, 9.17) is 0 Å². The molecule has 176 valence electrons. The van der Waals surface area contributed by atoms with E-state index >= 15 is 0 Å². The summed E-state index contributed by atoms with van der Waals surface area (Å²) in [6.45, 7) is 0.912. The van der Waals surface area contributed by atoms with Crippen LogP contribution < -0.4 is 10.6 Å². The number of aryl methyl sites for hydroxylation is 1. The van der Waals surface area contributed by atoms with Crippen LogP contribution in [0.1, 0.15) is 49.3 Å². The minimum Gasteiger partial charge on any atom is -0.355 e.